The van der Waals surface area contributed by atoms with E-state index in [9.17, 15) is 13.2 Å². The van der Waals surface area contributed by atoms with Gasteiger partial charge in [-0.15, -0.1) is 10.2 Å². The number of anilines is 1. The van der Waals surface area contributed by atoms with Gasteiger partial charge in [0.2, 0.25) is 15.8 Å². The fourth-order valence-corrected chi connectivity index (χ4v) is 11.2. The first-order chi connectivity index (χ1) is 31.4. The zero-order valence-corrected chi connectivity index (χ0v) is 39.1. The van der Waals surface area contributed by atoms with Crippen LogP contribution in [0, 0.1) is 0 Å². The summed E-state index contributed by atoms with van der Waals surface area (Å²) in [6.07, 6.45) is -0.844. The first kappa shape index (κ1) is 46.9. The standard InChI is InChI=1S/C46H51N9O9S2/c1-29(48-45(56)64-46(2,3)4)28-65(57,58)39-24-23-36(37-9-8-10-38-41(37)50-44(47)49-38)40(43-51-53-55(52-43)27-32-15-21-35(63-7)22-16-32)42(39)66(59,60)54(25-30-11-17-33(61-5)18-12-30)26-31-13-19-34(62-6)20-14-31/h8-24,29H,25-28H2,1-7H3,(H,48,56)(H3,47,49,50)/t29-/m0/s1. The predicted octanol–water partition coefficient (Wildman–Crippen LogP) is 6.62. The third kappa shape index (κ3) is 10.7. The Bertz CT molecular complexity index is 3010. The molecule has 0 spiro atoms. The molecule has 0 saturated heterocycles. The number of tetrazole rings is 1. The predicted molar refractivity (Wildman–Crippen MR) is 248 cm³/mol. The molecule has 0 saturated carbocycles. The molecule has 0 unspecified atom stereocenters. The first-order valence-electron chi connectivity index (χ1n) is 20.7. The van der Waals surface area contributed by atoms with Crippen LogP contribution < -0.4 is 25.3 Å². The molecule has 1 amide bonds. The Hall–Kier alpha value is -7.03. The van der Waals surface area contributed by atoms with Crippen molar-refractivity contribution in [2.75, 3.05) is 32.8 Å². The van der Waals surface area contributed by atoms with Crippen LogP contribution in [0.25, 0.3) is 33.5 Å². The van der Waals surface area contributed by atoms with E-state index in [4.69, 9.17) is 29.8 Å². The van der Waals surface area contributed by atoms with Crippen molar-refractivity contribution in [1.29, 1.82) is 0 Å². The van der Waals surface area contributed by atoms with Gasteiger partial charge < -0.3 is 35.0 Å². The highest BCUT2D eigenvalue weighted by Gasteiger charge is 2.39. The van der Waals surface area contributed by atoms with Gasteiger partial charge in [-0.2, -0.15) is 9.10 Å². The number of aromatic nitrogens is 6. The Morgan fingerprint density at radius 3 is 1.89 bits per heavy atom. The molecule has 0 fully saturated rings. The SMILES string of the molecule is COc1ccc(CN(Cc2ccc(OC)cc2)S(=O)(=O)c2c(S(=O)(=O)C[C@H](C)NC(=O)OC(C)(C)C)ccc(-c3cccc4[nH]c(N)nc34)c2-c2nnn(Cc3ccc(OC)cc3)n2)cc1. The number of carbonyl (C=O) groups excluding carboxylic acids is 1. The molecular formula is C46H51N9O9S2. The summed E-state index contributed by atoms with van der Waals surface area (Å²) in [7, 11) is -4.96. The minimum atomic E-state index is -4.94. The molecule has 7 aromatic rings. The molecular weight excluding hydrogens is 887 g/mol. The summed E-state index contributed by atoms with van der Waals surface area (Å²) in [5, 5.41) is 16.0. The number of amides is 1. The maximum Gasteiger partial charge on any atom is 0.407 e. The third-order valence-corrected chi connectivity index (χ3v) is 14.3. The number of methoxy groups -OCH3 is 3. The minimum absolute atomic E-state index is 0.103. The van der Waals surface area contributed by atoms with E-state index < -0.39 is 53.1 Å². The maximum absolute atomic E-state index is 16.1. The van der Waals surface area contributed by atoms with Gasteiger partial charge in [0.05, 0.1) is 55.1 Å². The molecule has 2 heterocycles. The van der Waals surface area contributed by atoms with Gasteiger partial charge in [-0.3, -0.25) is 0 Å². The number of ether oxygens (including phenoxy) is 4. The van der Waals surface area contributed by atoms with Crippen molar-refractivity contribution in [3.63, 3.8) is 0 Å². The largest absolute Gasteiger partial charge is 0.497 e. The maximum atomic E-state index is 16.1. The number of benzene rings is 5. The minimum Gasteiger partial charge on any atom is -0.497 e. The number of nitrogens with zero attached hydrogens (tertiary/aromatic N) is 6. The van der Waals surface area contributed by atoms with Crippen LogP contribution in [-0.2, 0) is 44.2 Å². The molecule has 0 aliphatic carbocycles. The Kier molecular flexibility index (Phi) is 13.7. The lowest BCUT2D eigenvalue weighted by atomic mass is 9.98. The van der Waals surface area contributed by atoms with Crippen LogP contribution in [-0.4, -0.2) is 96.1 Å². The van der Waals surface area contributed by atoms with Gasteiger partial charge in [0.15, 0.2) is 15.8 Å². The summed E-state index contributed by atoms with van der Waals surface area (Å²) >= 11 is 0. The highest BCUT2D eigenvalue weighted by atomic mass is 32.2. The summed E-state index contributed by atoms with van der Waals surface area (Å²) in [6, 6.07) is 27.8. The number of hydrogen-bond acceptors (Lipinski definition) is 14. The topological polar surface area (TPSA) is 236 Å². The second-order valence-corrected chi connectivity index (χ2v) is 20.3. The summed E-state index contributed by atoms with van der Waals surface area (Å²) in [4.78, 5) is 20.5. The molecule has 2 aromatic heterocycles. The Morgan fingerprint density at radius 2 is 1.35 bits per heavy atom. The van der Waals surface area contributed by atoms with Gasteiger partial charge in [0.1, 0.15) is 27.7 Å². The van der Waals surface area contributed by atoms with Crippen LogP contribution in [0.1, 0.15) is 44.4 Å². The van der Waals surface area contributed by atoms with Crippen molar-refractivity contribution < 1.29 is 40.6 Å². The number of sulfone groups is 1. The van der Waals surface area contributed by atoms with Crippen LogP contribution in [0.2, 0.25) is 0 Å². The van der Waals surface area contributed by atoms with Gasteiger partial charge in [0.25, 0.3) is 0 Å². The van der Waals surface area contributed by atoms with Crippen molar-refractivity contribution in [3.8, 4) is 39.8 Å². The van der Waals surface area contributed by atoms with Crippen LogP contribution in [0.4, 0.5) is 10.7 Å². The summed E-state index contributed by atoms with van der Waals surface area (Å²) in [6.45, 7) is 6.22. The van der Waals surface area contributed by atoms with Crippen LogP contribution in [0.15, 0.2) is 113 Å². The van der Waals surface area contributed by atoms with Gasteiger partial charge in [0, 0.05) is 24.7 Å². The van der Waals surface area contributed by atoms with E-state index in [1.165, 1.54) is 42.4 Å². The van der Waals surface area contributed by atoms with Crippen LogP contribution >= 0.6 is 0 Å². The molecule has 5 aromatic carbocycles. The van der Waals surface area contributed by atoms with Crippen LogP contribution in [0.3, 0.4) is 0 Å². The Balaban J connectivity index is 1.49. The van der Waals surface area contributed by atoms with Gasteiger partial charge in [-0.25, -0.2) is 26.6 Å². The number of carbonyl (C=O) groups is 1. The number of nitrogen functional groups attached to an aromatic ring is 1. The van der Waals surface area contributed by atoms with Crippen LogP contribution in [0.5, 0.6) is 17.2 Å². The molecule has 0 aliphatic rings. The molecule has 1 atom stereocenters. The second-order valence-electron chi connectivity index (χ2n) is 16.4. The Morgan fingerprint density at radius 1 is 0.788 bits per heavy atom. The number of rotatable bonds is 17. The Labute approximate surface area is 383 Å². The molecule has 0 radical (unpaired) electrons. The van der Waals surface area contributed by atoms with Crippen molar-refractivity contribution in [2.45, 2.75) is 68.8 Å². The number of H-pyrrole nitrogens is 1. The monoisotopic (exact) mass is 937 g/mol. The normalized spacial score (nSPS) is 12.5. The van der Waals surface area contributed by atoms with Gasteiger partial charge >= 0.3 is 6.09 Å². The molecule has 0 aliphatic heterocycles. The zero-order valence-electron chi connectivity index (χ0n) is 37.5. The zero-order chi connectivity index (χ0) is 47.4. The van der Waals surface area contributed by atoms with E-state index in [1.54, 1.807) is 107 Å². The van der Waals surface area contributed by atoms with E-state index in [0.29, 0.717) is 45.0 Å². The number of fused-ring (bicyclic) bond motifs is 1. The lowest BCUT2D eigenvalue weighted by molar-refractivity contribution is 0.0513. The molecule has 0 bridgehead atoms. The number of nitrogens with two attached hydrogens (primary N) is 1. The average molecular weight is 938 g/mol. The van der Waals surface area contributed by atoms with Crippen molar-refractivity contribution in [3.05, 3.63) is 120 Å². The number of nitrogens with one attached hydrogen (secondary N) is 2. The summed E-state index contributed by atoms with van der Waals surface area (Å²) < 4.78 is 84.8. The van der Waals surface area contributed by atoms with E-state index in [0.717, 1.165) is 5.56 Å². The molecule has 7 rings (SSSR count). The van der Waals surface area contributed by atoms with E-state index in [-0.39, 0.29) is 42.5 Å². The number of hydrogen-bond donors (Lipinski definition) is 3. The van der Waals surface area contributed by atoms with E-state index in [2.05, 4.69) is 25.6 Å². The number of imidazole rings is 1. The fraction of sp³-hybridized carbons (Fsp3) is 0.283. The third-order valence-electron chi connectivity index (χ3n) is 10.3. The first-order valence-corrected chi connectivity index (χ1v) is 23.8. The molecule has 66 heavy (non-hydrogen) atoms. The van der Waals surface area contributed by atoms with E-state index >= 15 is 8.42 Å². The summed E-state index contributed by atoms with van der Waals surface area (Å²) in [5.41, 5.74) is 8.59. The van der Waals surface area contributed by atoms with Gasteiger partial charge in [-0.05, 0) is 104 Å². The molecule has 346 valence electrons. The molecule has 4 N–H and O–H groups in total. The summed E-state index contributed by atoms with van der Waals surface area (Å²) in [5.74, 6) is 0.944. The average Bonchev–Trinajstić information content (AvgIpc) is 3.91. The van der Waals surface area contributed by atoms with E-state index in [1.807, 2.05) is 12.1 Å². The number of aromatic amines is 1. The quantitative estimate of drug-likeness (QED) is 0.0871. The number of para-hydroxylation sites is 1. The smallest absolute Gasteiger partial charge is 0.407 e. The van der Waals surface area contributed by atoms with Crippen molar-refractivity contribution in [1.82, 2.24) is 39.8 Å². The highest BCUT2D eigenvalue weighted by molar-refractivity contribution is 7.93. The fourth-order valence-electron chi connectivity index (χ4n) is 7.28. The lowest BCUT2D eigenvalue weighted by Crippen LogP contribution is -2.41. The number of sulfonamides is 1. The number of alkyl carbamates (subject to hydrolysis) is 1. The molecule has 18 nitrogen and oxygen atoms in total. The second kappa shape index (κ2) is 19.2. The lowest BCUT2D eigenvalue weighted by Gasteiger charge is -2.27. The molecule has 20 heteroatoms. The highest BCUT2D eigenvalue weighted by Crippen LogP contribution is 2.43. The van der Waals surface area contributed by atoms with Gasteiger partial charge in [-0.1, -0.05) is 54.6 Å². The van der Waals surface area contributed by atoms with Crippen molar-refractivity contribution in [2.24, 2.45) is 0 Å². The van der Waals surface area contributed by atoms with Crippen molar-refractivity contribution >= 4 is 42.9 Å².